The van der Waals surface area contributed by atoms with Gasteiger partial charge in [0.15, 0.2) is 0 Å². The summed E-state index contributed by atoms with van der Waals surface area (Å²) in [6, 6.07) is 16.6. The van der Waals surface area contributed by atoms with Crippen molar-refractivity contribution in [3.05, 3.63) is 69.7 Å². The highest BCUT2D eigenvalue weighted by Crippen LogP contribution is 2.17. The first-order valence-electron chi connectivity index (χ1n) is 5.64. The SMILES string of the molecule is O=C(Nc1ccc(Cl)cc1)/C(Br)=C\c1ccccc1. The van der Waals surface area contributed by atoms with Gasteiger partial charge >= 0.3 is 0 Å². The van der Waals surface area contributed by atoms with Gasteiger partial charge in [0.2, 0.25) is 0 Å². The number of hydrogen-bond acceptors (Lipinski definition) is 1. The van der Waals surface area contributed by atoms with Gasteiger partial charge in [-0.15, -0.1) is 0 Å². The van der Waals surface area contributed by atoms with Gasteiger partial charge in [-0.25, -0.2) is 0 Å². The molecule has 1 N–H and O–H groups in total. The zero-order valence-corrected chi connectivity index (χ0v) is 12.3. The van der Waals surface area contributed by atoms with Crippen LogP contribution in [-0.4, -0.2) is 5.91 Å². The van der Waals surface area contributed by atoms with Crippen LogP contribution in [0.25, 0.3) is 6.08 Å². The highest BCUT2D eigenvalue weighted by atomic mass is 79.9. The summed E-state index contributed by atoms with van der Waals surface area (Å²) in [5.74, 6) is -0.203. The van der Waals surface area contributed by atoms with Crippen LogP contribution in [0.3, 0.4) is 0 Å². The van der Waals surface area contributed by atoms with E-state index in [1.807, 2.05) is 30.3 Å². The van der Waals surface area contributed by atoms with Crippen LogP contribution in [0.2, 0.25) is 5.02 Å². The molecule has 0 aliphatic heterocycles. The summed E-state index contributed by atoms with van der Waals surface area (Å²) in [7, 11) is 0. The van der Waals surface area contributed by atoms with E-state index in [4.69, 9.17) is 11.6 Å². The highest BCUT2D eigenvalue weighted by Gasteiger charge is 2.06. The number of carbonyl (C=O) groups excluding carboxylic acids is 1. The predicted octanol–water partition coefficient (Wildman–Crippen LogP) is 4.71. The van der Waals surface area contributed by atoms with Gasteiger partial charge in [-0.05, 0) is 51.8 Å². The maximum absolute atomic E-state index is 11.9. The van der Waals surface area contributed by atoms with Crippen molar-refractivity contribution in [2.75, 3.05) is 5.32 Å². The minimum Gasteiger partial charge on any atom is -0.322 e. The third kappa shape index (κ3) is 4.23. The Morgan fingerprint density at radius 2 is 1.68 bits per heavy atom. The van der Waals surface area contributed by atoms with Gasteiger partial charge in [-0.2, -0.15) is 0 Å². The zero-order chi connectivity index (χ0) is 13.7. The second kappa shape index (κ2) is 6.55. The number of nitrogens with one attached hydrogen (secondary N) is 1. The smallest absolute Gasteiger partial charge is 0.262 e. The first-order valence-corrected chi connectivity index (χ1v) is 6.81. The van der Waals surface area contributed by atoms with Crippen LogP contribution in [0.4, 0.5) is 5.69 Å². The molecule has 0 aromatic heterocycles. The maximum Gasteiger partial charge on any atom is 0.262 e. The van der Waals surface area contributed by atoms with Gasteiger partial charge in [-0.3, -0.25) is 4.79 Å². The summed E-state index contributed by atoms with van der Waals surface area (Å²) < 4.78 is 0.466. The molecule has 0 heterocycles. The number of anilines is 1. The second-order valence-corrected chi connectivity index (χ2v) is 5.15. The van der Waals surface area contributed by atoms with E-state index >= 15 is 0 Å². The standard InChI is InChI=1S/C15H11BrClNO/c16-14(10-11-4-2-1-3-5-11)15(19)18-13-8-6-12(17)7-9-13/h1-10H,(H,18,19)/b14-10+. The minimum atomic E-state index is -0.203. The van der Waals surface area contributed by atoms with Gasteiger partial charge < -0.3 is 5.32 Å². The van der Waals surface area contributed by atoms with Gasteiger partial charge in [0.05, 0.1) is 4.48 Å². The molecule has 0 fully saturated rings. The van der Waals surface area contributed by atoms with Crippen LogP contribution in [0, 0.1) is 0 Å². The summed E-state index contributed by atoms with van der Waals surface area (Å²) in [6.07, 6.45) is 1.77. The lowest BCUT2D eigenvalue weighted by atomic mass is 10.2. The molecule has 0 radical (unpaired) electrons. The summed E-state index contributed by atoms with van der Waals surface area (Å²) in [4.78, 5) is 11.9. The quantitative estimate of drug-likeness (QED) is 0.808. The topological polar surface area (TPSA) is 29.1 Å². The van der Waals surface area contributed by atoms with Crippen LogP contribution in [-0.2, 0) is 4.79 Å². The van der Waals surface area contributed by atoms with E-state index in [1.165, 1.54) is 0 Å². The molecule has 0 saturated carbocycles. The monoisotopic (exact) mass is 335 g/mol. The number of halogens is 2. The van der Waals surface area contributed by atoms with Gasteiger partial charge in [-0.1, -0.05) is 41.9 Å². The Morgan fingerprint density at radius 1 is 1.05 bits per heavy atom. The molecule has 1 amide bonds. The molecular weight excluding hydrogens is 326 g/mol. The molecule has 2 rings (SSSR count). The van der Waals surface area contributed by atoms with E-state index in [-0.39, 0.29) is 5.91 Å². The summed E-state index contributed by atoms with van der Waals surface area (Å²) in [6.45, 7) is 0. The van der Waals surface area contributed by atoms with E-state index in [0.29, 0.717) is 15.2 Å². The Balaban J connectivity index is 2.07. The highest BCUT2D eigenvalue weighted by molar-refractivity contribution is 9.12. The largest absolute Gasteiger partial charge is 0.322 e. The molecule has 0 aliphatic rings. The molecule has 19 heavy (non-hydrogen) atoms. The number of rotatable bonds is 3. The Bertz CT molecular complexity index is 593. The third-order valence-electron chi connectivity index (χ3n) is 2.41. The summed E-state index contributed by atoms with van der Waals surface area (Å²) in [5.41, 5.74) is 1.66. The molecule has 96 valence electrons. The molecular formula is C15H11BrClNO. The molecule has 2 aromatic rings. The first-order chi connectivity index (χ1) is 9.15. The van der Waals surface area contributed by atoms with Crippen molar-refractivity contribution < 1.29 is 4.79 Å². The fraction of sp³-hybridized carbons (Fsp3) is 0. The Kier molecular flexibility index (Phi) is 4.77. The molecule has 0 aliphatic carbocycles. The van der Waals surface area contributed by atoms with Crippen molar-refractivity contribution in [1.29, 1.82) is 0 Å². The van der Waals surface area contributed by atoms with Crippen LogP contribution in [0.15, 0.2) is 59.1 Å². The maximum atomic E-state index is 11.9. The molecule has 0 unspecified atom stereocenters. The van der Waals surface area contributed by atoms with E-state index in [0.717, 1.165) is 5.56 Å². The Labute approximate surface area is 125 Å². The molecule has 0 spiro atoms. The minimum absolute atomic E-state index is 0.203. The van der Waals surface area contributed by atoms with Crippen LogP contribution >= 0.6 is 27.5 Å². The number of hydrogen-bond donors (Lipinski definition) is 1. The van der Waals surface area contributed by atoms with Crippen molar-refractivity contribution in [2.24, 2.45) is 0 Å². The fourth-order valence-corrected chi connectivity index (χ4v) is 1.97. The number of amides is 1. The van der Waals surface area contributed by atoms with Crippen LogP contribution in [0.1, 0.15) is 5.56 Å². The van der Waals surface area contributed by atoms with E-state index in [2.05, 4.69) is 21.2 Å². The fourth-order valence-electron chi connectivity index (χ4n) is 1.49. The molecule has 2 aromatic carbocycles. The summed E-state index contributed by atoms with van der Waals surface area (Å²) in [5, 5.41) is 3.41. The first kappa shape index (κ1) is 13.8. The number of carbonyl (C=O) groups is 1. The van der Waals surface area contributed by atoms with Gasteiger partial charge in [0.1, 0.15) is 0 Å². The van der Waals surface area contributed by atoms with Crippen molar-refractivity contribution in [3.8, 4) is 0 Å². The normalized spacial score (nSPS) is 11.2. The van der Waals surface area contributed by atoms with E-state index < -0.39 is 0 Å². The molecule has 2 nitrogen and oxygen atoms in total. The molecule has 0 bridgehead atoms. The average molecular weight is 337 g/mol. The zero-order valence-electron chi connectivity index (χ0n) is 9.94. The van der Waals surface area contributed by atoms with E-state index in [1.54, 1.807) is 30.3 Å². The summed E-state index contributed by atoms with van der Waals surface area (Å²) >= 11 is 9.06. The lowest BCUT2D eigenvalue weighted by Crippen LogP contribution is -2.10. The van der Waals surface area contributed by atoms with Crippen LogP contribution in [0.5, 0.6) is 0 Å². The van der Waals surface area contributed by atoms with Crippen LogP contribution < -0.4 is 5.32 Å². The average Bonchev–Trinajstić information content (AvgIpc) is 2.42. The second-order valence-electron chi connectivity index (χ2n) is 3.86. The lowest BCUT2D eigenvalue weighted by Gasteiger charge is -2.04. The molecule has 0 saturated heterocycles. The predicted molar refractivity (Wildman–Crippen MR) is 83.4 cm³/mol. The lowest BCUT2D eigenvalue weighted by molar-refractivity contribution is -0.112. The van der Waals surface area contributed by atoms with Crippen molar-refractivity contribution in [2.45, 2.75) is 0 Å². The molecule has 4 heteroatoms. The van der Waals surface area contributed by atoms with Gasteiger partial charge in [0, 0.05) is 10.7 Å². The third-order valence-corrected chi connectivity index (χ3v) is 3.25. The Morgan fingerprint density at radius 3 is 2.32 bits per heavy atom. The van der Waals surface area contributed by atoms with Crippen molar-refractivity contribution in [3.63, 3.8) is 0 Å². The van der Waals surface area contributed by atoms with Crippen molar-refractivity contribution in [1.82, 2.24) is 0 Å². The number of benzene rings is 2. The molecule has 0 atom stereocenters. The van der Waals surface area contributed by atoms with E-state index in [9.17, 15) is 4.79 Å². The Hall–Kier alpha value is -1.58. The van der Waals surface area contributed by atoms with Crippen molar-refractivity contribution >= 4 is 45.2 Å². The van der Waals surface area contributed by atoms with Gasteiger partial charge in [0.25, 0.3) is 5.91 Å².